The summed E-state index contributed by atoms with van der Waals surface area (Å²) in [5.41, 5.74) is 5.36. The number of nitrogens with one attached hydrogen (secondary N) is 1. The third-order valence-electron chi connectivity index (χ3n) is 16.4. The molecule has 0 amide bonds. The molecule has 0 spiro atoms. The number of hydrogen-bond donors (Lipinski definition) is 3. The fraction of sp³-hybridized carbons (Fsp3) is 0.750. The van der Waals surface area contributed by atoms with Crippen LogP contribution < -0.4 is 10.5 Å². The summed E-state index contributed by atoms with van der Waals surface area (Å²) in [5, 5.41) is 10.7. The van der Waals surface area contributed by atoms with Crippen LogP contribution in [-0.4, -0.2) is 69.4 Å². The van der Waals surface area contributed by atoms with Crippen molar-refractivity contribution in [3.05, 3.63) is 40.7 Å². The highest BCUT2D eigenvalue weighted by molar-refractivity contribution is 7.89. The lowest BCUT2D eigenvalue weighted by Crippen LogP contribution is -2.70. The van der Waals surface area contributed by atoms with Gasteiger partial charge in [0.15, 0.2) is 0 Å². The first-order chi connectivity index (χ1) is 27.0. The van der Waals surface area contributed by atoms with Crippen LogP contribution in [0.1, 0.15) is 113 Å². The van der Waals surface area contributed by atoms with Crippen molar-refractivity contribution in [1.82, 2.24) is 4.72 Å². The van der Waals surface area contributed by atoms with Crippen molar-refractivity contribution in [2.45, 2.75) is 136 Å². The second kappa shape index (κ2) is 16.0. The summed E-state index contributed by atoms with van der Waals surface area (Å²) in [7, 11) is -3.92. The van der Waals surface area contributed by atoms with Gasteiger partial charge < -0.3 is 25.1 Å². The molecule has 4 aliphatic carbocycles. The van der Waals surface area contributed by atoms with E-state index in [9.17, 15) is 32.3 Å². The molecule has 0 aromatic heterocycles. The lowest BCUT2D eigenvalue weighted by Gasteiger charge is -2.71. The average molecular weight is 852 g/mol. The third-order valence-corrected chi connectivity index (χ3v) is 18.1. The van der Waals surface area contributed by atoms with E-state index in [2.05, 4.69) is 59.3 Å². The molecule has 1 saturated heterocycles. The Bertz CT molecular complexity index is 1930. The standard InChI is InChI=1S/C44H64ClFN2O9S/c1-25(2)26(3)40(5)18-19-42(7)29-13-15-35-41(6)23-55-24-44(35,30(29)16-17-43(42,8)36(40)38(50)51)22-34(56-27(4)49)37(41)57-39(52)33(47)11-9-10-20-48-58(53,54)28-12-14-32(46)31(45)21-28/h12,14,16,21,25-26,29,33-37,48H,9-11,13,15,17-20,22-24,47H2,1-8H3,(H,50,51)/t26-,29+,33?,34-,35+,36-,37+,40-,41+,42-,43+,44+/m1/s1. The Morgan fingerprint density at radius 3 is 2.40 bits per heavy atom. The molecule has 1 aliphatic heterocycles. The van der Waals surface area contributed by atoms with Gasteiger partial charge in [-0.2, -0.15) is 0 Å². The van der Waals surface area contributed by atoms with Crippen LogP contribution in [0.25, 0.3) is 0 Å². The zero-order valence-electron chi connectivity index (χ0n) is 35.4. The molecule has 3 saturated carbocycles. The van der Waals surface area contributed by atoms with E-state index in [0.717, 1.165) is 43.9 Å². The highest BCUT2D eigenvalue weighted by Gasteiger charge is 2.72. The summed E-state index contributed by atoms with van der Waals surface area (Å²) in [6.45, 7) is 17.6. The van der Waals surface area contributed by atoms with E-state index >= 15 is 0 Å². The highest BCUT2D eigenvalue weighted by atomic mass is 35.5. The number of allylic oxidation sites excluding steroid dienone is 1. The van der Waals surface area contributed by atoms with Gasteiger partial charge >= 0.3 is 17.9 Å². The minimum atomic E-state index is -3.92. The number of unbranched alkanes of at least 4 members (excludes halogenated alkanes) is 1. The van der Waals surface area contributed by atoms with Gasteiger partial charge in [-0.25, -0.2) is 17.5 Å². The van der Waals surface area contributed by atoms with Crippen LogP contribution in [0.3, 0.4) is 0 Å². The number of halogens is 2. The zero-order chi connectivity index (χ0) is 42.8. The minimum absolute atomic E-state index is 0.0548. The maximum Gasteiger partial charge on any atom is 0.323 e. The van der Waals surface area contributed by atoms with Crippen LogP contribution in [0.5, 0.6) is 0 Å². The van der Waals surface area contributed by atoms with Gasteiger partial charge in [0.2, 0.25) is 10.0 Å². The summed E-state index contributed by atoms with van der Waals surface area (Å²) < 4.78 is 60.2. The molecule has 4 fully saturated rings. The summed E-state index contributed by atoms with van der Waals surface area (Å²) in [6, 6.07) is 2.17. The van der Waals surface area contributed by atoms with Crippen LogP contribution in [0.4, 0.5) is 4.39 Å². The van der Waals surface area contributed by atoms with Crippen molar-refractivity contribution in [2.24, 2.45) is 62.4 Å². The number of rotatable bonds is 13. The fourth-order valence-corrected chi connectivity index (χ4v) is 14.2. The first kappa shape index (κ1) is 45.0. The van der Waals surface area contributed by atoms with Gasteiger partial charge in [-0.05, 0) is 109 Å². The third kappa shape index (κ3) is 7.34. The maximum atomic E-state index is 13.7. The summed E-state index contributed by atoms with van der Waals surface area (Å²) in [6.07, 6.45) is 6.30. The topological polar surface area (TPSA) is 171 Å². The van der Waals surface area contributed by atoms with Gasteiger partial charge in [0.1, 0.15) is 24.1 Å². The van der Waals surface area contributed by atoms with E-state index in [1.165, 1.54) is 12.5 Å². The summed E-state index contributed by atoms with van der Waals surface area (Å²) >= 11 is 5.76. The Labute approximate surface area is 348 Å². The quantitative estimate of drug-likeness (QED) is 0.102. The number of esters is 2. The molecule has 14 heteroatoms. The van der Waals surface area contributed by atoms with Gasteiger partial charge in [-0.3, -0.25) is 14.4 Å². The number of ether oxygens (including phenoxy) is 3. The van der Waals surface area contributed by atoms with Gasteiger partial charge in [0, 0.05) is 24.3 Å². The minimum Gasteiger partial charge on any atom is -0.481 e. The Hall–Kier alpha value is -2.58. The number of fused-ring (bicyclic) bond motifs is 3. The number of carbonyl (C=O) groups is 3. The molecular formula is C44H64ClFN2O9S. The number of hydrogen-bond acceptors (Lipinski definition) is 9. The number of benzene rings is 1. The van der Waals surface area contributed by atoms with Crippen LogP contribution in [-0.2, 0) is 38.6 Å². The first-order valence-electron chi connectivity index (χ1n) is 21.1. The smallest absolute Gasteiger partial charge is 0.323 e. The first-order valence-corrected chi connectivity index (χ1v) is 22.9. The molecular weight excluding hydrogens is 787 g/mol. The number of carboxylic acids is 1. The highest BCUT2D eigenvalue weighted by Crippen LogP contribution is 2.75. The van der Waals surface area contributed by atoms with Gasteiger partial charge in [-0.15, -0.1) is 0 Å². The van der Waals surface area contributed by atoms with Crippen molar-refractivity contribution in [2.75, 3.05) is 19.8 Å². The molecule has 58 heavy (non-hydrogen) atoms. The van der Waals surface area contributed by atoms with E-state index in [4.69, 9.17) is 31.5 Å². The van der Waals surface area contributed by atoms with Gasteiger partial charge in [0.05, 0.1) is 29.0 Å². The maximum absolute atomic E-state index is 13.7. The predicted molar refractivity (Wildman–Crippen MR) is 217 cm³/mol. The van der Waals surface area contributed by atoms with E-state index in [0.29, 0.717) is 44.8 Å². The fourth-order valence-electron chi connectivity index (χ4n) is 12.9. The van der Waals surface area contributed by atoms with Crippen molar-refractivity contribution in [3.8, 4) is 0 Å². The van der Waals surface area contributed by atoms with Crippen molar-refractivity contribution >= 4 is 39.5 Å². The Morgan fingerprint density at radius 2 is 1.76 bits per heavy atom. The van der Waals surface area contributed by atoms with Crippen molar-refractivity contribution < 1.29 is 46.5 Å². The molecule has 12 atom stereocenters. The Balaban J connectivity index is 1.20. The summed E-state index contributed by atoms with van der Waals surface area (Å²) in [4.78, 5) is 39.7. The van der Waals surface area contributed by atoms with Crippen LogP contribution in [0.15, 0.2) is 34.7 Å². The van der Waals surface area contributed by atoms with Crippen LogP contribution >= 0.6 is 11.6 Å². The molecule has 4 N–H and O–H groups in total. The number of carboxylic acid groups (broad SMARTS) is 1. The summed E-state index contributed by atoms with van der Waals surface area (Å²) in [5.74, 6) is -2.29. The monoisotopic (exact) mass is 850 g/mol. The second-order valence-electron chi connectivity index (χ2n) is 19.6. The molecule has 1 aromatic rings. The van der Waals surface area contributed by atoms with Crippen molar-refractivity contribution in [3.63, 3.8) is 0 Å². The molecule has 1 heterocycles. The van der Waals surface area contributed by atoms with Crippen LogP contribution in [0, 0.1) is 62.5 Å². The van der Waals surface area contributed by atoms with E-state index in [-0.39, 0.29) is 51.5 Å². The van der Waals surface area contributed by atoms with Gasteiger partial charge in [0.25, 0.3) is 0 Å². The second-order valence-corrected chi connectivity index (χ2v) is 21.8. The molecule has 0 radical (unpaired) electrons. The normalized spacial score (nSPS) is 38.0. The molecule has 1 aromatic carbocycles. The molecule has 5 aliphatic rings. The van der Waals surface area contributed by atoms with E-state index in [1.807, 2.05) is 0 Å². The molecule has 1 unspecified atom stereocenters. The Kier molecular flexibility index (Phi) is 12.4. The van der Waals surface area contributed by atoms with Crippen molar-refractivity contribution in [1.29, 1.82) is 0 Å². The molecule has 6 rings (SSSR count). The van der Waals surface area contributed by atoms with E-state index < -0.39 is 74.2 Å². The lowest BCUT2D eigenvalue weighted by atomic mass is 9.34. The molecule has 2 bridgehead atoms. The number of sulfonamides is 1. The SMILES string of the molecule is CC(=O)O[C@@H]1C[C@@]23COC[C@@](C)([C@@H]2CC[C@H]2C3=CC[C@@]3(C)[C@H](C(=O)O)[C@@](C)([C@H](C)C(C)C)CC[C@]23C)[C@H]1OC(=O)C(N)CCCCNS(=O)(=O)c1ccc(F)c(Cl)c1. The number of aliphatic carboxylic acids is 1. The average Bonchev–Trinajstić information content (AvgIpc) is 3.13. The van der Waals surface area contributed by atoms with Gasteiger partial charge in [-0.1, -0.05) is 78.1 Å². The lowest BCUT2D eigenvalue weighted by molar-refractivity contribution is -0.263. The largest absolute Gasteiger partial charge is 0.481 e. The number of carbonyl (C=O) groups excluding carboxylic acids is 2. The molecule has 324 valence electrons. The molecule has 11 nitrogen and oxygen atoms in total. The predicted octanol–water partition coefficient (Wildman–Crippen LogP) is 7.69. The number of nitrogens with two attached hydrogens (primary N) is 1. The van der Waals surface area contributed by atoms with E-state index in [1.54, 1.807) is 0 Å². The van der Waals surface area contributed by atoms with Crippen LogP contribution in [0.2, 0.25) is 5.02 Å². The zero-order valence-corrected chi connectivity index (χ0v) is 36.9. The Morgan fingerprint density at radius 1 is 1.05 bits per heavy atom.